The molecule has 0 radical (unpaired) electrons. The van der Waals surface area contributed by atoms with Crippen molar-refractivity contribution in [2.24, 2.45) is 0 Å². The summed E-state index contributed by atoms with van der Waals surface area (Å²) in [7, 11) is 0. The Morgan fingerprint density at radius 1 is 1.20 bits per heavy atom. The van der Waals surface area contributed by atoms with Gasteiger partial charge >= 0.3 is 0 Å². The van der Waals surface area contributed by atoms with Crippen LogP contribution < -0.4 is 9.64 Å². The van der Waals surface area contributed by atoms with Gasteiger partial charge in [0, 0.05) is 32.2 Å². The van der Waals surface area contributed by atoms with Crippen molar-refractivity contribution in [1.29, 1.82) is 0 Å². The maximum Gasteiger partial charge on any atom is 0.234 e. The van der Waals surface area contributed by atoms with Gasteiger partial charge in [0.2, 0.25) is 5.88 Å². The van der Waals surface area contributed by atoms with Gasteiger partial charge in [-0.25, -0.2) is 0 Å². The van der Waals surface area contributed by atoms with E-state index in [0.717, 1.165) is 38.4 Å². The van der Waals surface area contributed by atoms with E-state index in [4.69, 9.17) is 9.84 Å². The van der Waals surface area contributed by atoms with E-state index < -0.39 is 0 Å². The summed E-state index contributed by atoms with van der Waals surface area (Å²) < 4.78 is 5.39. The topological polar surface area (TPSA) is 61.7 Å². The zero-order valence-corrected chi connectivity index (χ0v) is 14.7. The molecular weight excluding hydrogens is 316 g/mol. The van der Waals surface area contributed by atoms with E-state index in [0.29, 0.717) is 11.9 Å². The Balaban J connectivity index is 1.66. The second-order valence-electron chi connectivity index (χ2n) is 6.40. The fraction of sp³-hybridized carbons (Fsp3) is 0.474. The number of hydrogen-bond acceptors (Lipinski definition) is 6. The maximum absolute atomic E-state index is 8.89. The molecule has 1 aliphatic rings. The largest absolute Gasteiger partial charge is 0.474 e. The van der Waals surface area contributed by atoms with E-state index >= 15 is 0 Å². The molecule has 2 heterocycles. The zero-order valence-electron chi connectivity index (χ0n) is 14.7. The number of hydrogen-bond donors (Lipinski definition) is 1. The molecule has 25 heavy (non-hydrogen) atoms. The zero-order chi connectivity index (χ0) is 17.5. The van der Waals surface area contributed by atoms with Crippen molar-refractivity contribution in [3.05, 3.63) is 48.3 Å². The van der Waals surface area contributed by atoms with Gasteiger partial charge < -0.3 is 14.7 Å². The third-order valence-corrected chi connectivity index (χ3v) is 4.41. The van der Waals surface area contributed by atoms with Gasteiger partial charge in [-0.2, -0.15) is 4.98 Å². The molecule has 0 spiro atoms. The molecule has 1 atom stereocenters. The number of aliphatic hydroxyl groups excluding tert-OH is 1. The van der Waals surface area contributed by atoms with Crippen molar-refractivity contribution >= 4 is 5.82 Å². The number of nitrogens with zero attached hydrogens (tertiary/aromatic N) is 4. The summed E-state index contributed by atoms with van der Waals surface area (Å²) in [6.07, 6.45) is 4.46. The van der Waals surface area contributed by atoms with E-state index in [-0.39, 0.29) is 13.2 Å². The van der Waals surface area contributed by atoms with Crippen LogP contribution in [0, 0.1) is 0 Å². The van der Waals surface area contributed by atoms with E-state index in [9.17, 15) is 0 Å². The number of aromatic nitrogens is 2. The molecule has 1 fully saturated rings. The predicted octanol–water partition coefficient (Wildman–Crippen LogP) is 1.95. The molecule has 2 aromatic rings. The molecule has 0 aliphatic carbocycles. The SMILES string of the molecule is CC1CN(Cc2ccccc2)CCCN1c1cncc(OCCO)n1. The third kappa shape index (κ3) is 4.90. The smallest absolute Gasteiger partial charge is 0.234 e. The Labute approximate surface area is 149 Å². The standard InChI is InChI=1S/C19H26N4O2/c1-16-14-22(15-17-6-3-2-4-7-17)8-5-9-23(16)18-12-20-13-19(21-18)25-11-10-24/h2-4,6-7,12-13,16,24H,5,8-11,14-15H2,1H3. The van der Waals surface area contributed by atoms with Crippen LogP contribution in [-0.2, 0) is 6.54 Å². The lowest BCUT2D eigenvalue weighted by molar-refractivity contribution is 0.196. The predicted molar refractivity (Wildman–Crippen MR) is 97.8 cm³/mol. The Morgan fingerprint density at radius 3 is 2.84 bits per heavy atom. The fourth-order valence-corrected chi connectivity index (χ4v) is 3.27. The second-order valence-corrected chi connectivity index (χ2v) is 6.40. The summed E-state index contributed by atoms with van der Waals surface area (Å²) in [6.45, 7) is 6.42. The average molecular weight is 342 g/mol. The first-order valence-corrected chi connectivity index (χ1v) is 8.85. The van der Waals surface area contributed by atoms with Gasteiger partial charge in [-0.3, -0.25) is 9.88 Å². The van der Waals surface area contributed by atoms with Gasteiger partial charge in [0.15, 0.2) is 5.82 Å². The highest BCUT2D eigenvalue weighted by molar-refractivity contribution is 5.39. The quantitative estimate of drug-likeness (QED) is 0.866. The number of ether oxygens (including phenoxy) is 1. The maximum atomic E-state index is 8.89. The summed E-state index contributed by atoms with van der Waals surface area (Å²) in [5.41, 5.74) is 1.35. The van der Waals surface area contributed by atoms with Gasteiger partial charge in [-0.1, -0.05) is 30.3 Å². The molecule has 1 N–H and O–H groups in total. The number of aliphatic hydroxyl groups is 1. The highest BCUT2D eigenvalue weighted by Crippen LogP contribution is 2.20. The normalized spacial score (nSPS) is 18.8. The van der Waals surface area contributed by atoms with Crippen LogP contribution in [0.3, 0.4) is 0 Å². The molecule has 6 nitrogen and oxygen atoms in total. The molecule has 134 valence electrons. The molecule has 3 rings (SSSR count). The highest BCUT2D eigenvalue weighted by atomic mass is 16.5. The van der Waals surface area contributed by atoms with E-state index in [1.54, 1.807) is 12.4 Å². The summed E-state index contributed by atoms with van der Waals surface area (Å²) in [6, 6.07) is 10.9. The molecule has 1 aromatic carbocycles. The Hall–Kier alpha value is -2.18. The van der Waals surface area contributed by atoms with Crippen LogP contribution in [0.4, 0.5) is 5.82 Å². The highest BCUT2D eigenvalue weighted by Gasteiger charge is 2.23. The Kier molecular flexibility index (Phi) is 6.19. The van der Waals surface area contributed by atoms with Crippen LogP contribution in [0.15, 0.2) is 42.7 Å². The summed E-state index contributed by atoms with van der Waals surface area (Å²) in [5.74, 6) is 1.30. The lowest BCUT2D eigenvalue weighted by Crippen LogP contribution is -2.39. The first-order chi connectivity index (χ1) is 12.3. The molecule has 0 saturated carbocycles. The minimum Gasteiger partial charge on any atom is -0.474 e. The lowest BCUT2D eigenvalue weighted by Gasteiger charge is -2.29. The molecular formula is C19H26N4O2. The minimum atomic E-state index is -0.0273. The van der Waals surface area contributed by atoms with Gasteiger partial charge in [-0.15, -0.1) is 0 Å². The molecule has 6 heteroatoms. The average Bonchev–Trinajstić information content (AvgIpc) is 2.82. The van der Waals surface area contributed by atoms with Crippen LogP contribution in [-0.4, -0.2) is 58.9 Å². The first-order valence-electron chi connectivity index (χ1n) is 8.85. The first kappa shape index (κ1) is 17.6. The third-order valence-electron chi connectivity index (χ3n) is 4.41. The Bertz CT molecular complexity index is 653. The van der Waals surface area contributed by atoms with Crippen molar-refractivity contribution in [3.8, 4) is 5.88 Å². The van der Waals surface area contributed by atoms with Crippen molar-refractivity contribution < 1.29 is 9.84 Å². The Morgan fingerprint density at radius 2 is 2.04 bits per heavy atom. The van der Waals surface area contributed by atoms with Crippen LogP contribution >= 0.6 is 0 Å². The van der Waals surface area contributed by atoms with Crippen LogP contribution in [0.2, 0.25) is 0 Å². The number of rotatable bonds is 6. The molecule has 1 aromatic heterocycles. The van der Waals surface area contributed by atoms with E-state index in [2.05, 4.69) is 57.0 Å². The monoisotopic (exact) mass is 342 g/mol. The van der Waals surface area contributed by atoms with Crippen LogP contribution in [0.5, 0.6) is 5.88 Å². The molecule has 1 saturated heterocycles. The molecule has 1 aliphatic heterocycles. The van der Waals surface area contributed by atoms with Gasteiger partial charge in [0.1, 0.15) is 6.61 Å². The summed E-state index contributed by atoms with van der Waals surface area (Å²) in [4.78, 5) is 13.6. The van der Waals surface area contributed by atoms with Crippen molar-refractivity contribution in [2.45, 2.75) is 25.9 Å². The number of benzene rings is 1. The van der Waals surface area contributed by atoms with Crippen LogP contribution in [0.1, 0.15) is 18.9 Å². The van der Waals surface area contributed by atoms with Crippen molar-refractivity contribution in [2.75, 3.05) is 37.7 Å². The van der Waals surface area contributed by atoms with E-state index in [1.807, 2.05) is 0 Å². The second kappa shape index (κ2) is 8.78. The van der Waals surface area contributed by atoms with Gasteiger partial charge in [0.05, 0.1) is 19.0 Å². The van der Waals surface area contributed by atoms with Crippen molar-refractivity contribution in [1.82, 2.24) is 14.9 Å². The van der Waals surface area contributed by atoms with Gasteiger partial charge in [-0.05, 0) is 18.9 Å². The van der Waals surface area contributed by atoms with Gasteiger partial charge in [0.25, 0.3) is 0 Å². The van der Waals surface area contributed by atoms with E-state index in [1.165, 1.54) is 5.56 Å². The van der Waals surface area contributed by atoms with Crippen molar-refractivity contribution in [3.63, 3.8) is 0 Å². The minimum absolute atomic E-state index is 0.0273. The molecule has 0 amide bonds. The number of anilines is 1. The lowest BCUT2D eigenvalue weighted by atomic mass is 10.2. The molecule has 0 bridgehead atoms. The molecule has 1 unspecified atom stereocenters. The summed E-state index contributed by atoms with van der Waals surface area (Å²) >= 11 is 0. The van der Waals surface area contributed by atoms with Crippen LogP contribution in [0.25, 0.3) is 0 Å². The fourth-order valence-electron chi connectivity index (χ4n) is 3.27. The summed E-state index contributed by atoms with van der Waals surface area (Å²) in [5, 5.41) is 8.89.